The van der Waals surface area contributed by atoms with Gasteiger partial charge in [0.2, 0.25) is 0 Å². The molecule has 1 aromatic rings. The molecule has 1 saturated heterocycles. The number of urea groups is 1. The van der Waals surface area contributed by atoms with E-state index in [1.165, 1.54) is 0 Å². The van der Waals surface area contributed by atoms with Crippen molar-refractivity contribution in [1.82, 2.24) is 5.32 Å². The first-order chi connectivity index (χ1) is 8.15. The summed E-state index contributed by atoms with van der Waals surface area (Å²) in [5.74, 6) is -0.303. The summed E-state index contributed by atoms with van der Waals surface area (Å²) >= 11 is 5.97. The monoisotopic (exact) mass is 250 g/mol. The van der Waals surface area contributed by atoms with Crippen molar-refractivity contribution >= 4 is 29.2 Å². The molecule has 3 amide bonds. The van der Waals surface area contributed by atoms with Crippen LogP contribution < -0.4 is 10.2 Å². The summed E-state index contributed by atoms with van der Waals surface area (Å²) in [5, 5.41) is 2.96. The van der Waals surface area contributed by atoms with E-state index < -0.39 is 12.1 Å². The number of hydrogen-bond donors (Lipinski definition) is 1. The van der Waals surface area contributed by atoms with Gasteiger partial charge in [-0.1, -0.05) is 29.8 Å². The van der Waals surface area contributed by atoms with Crippen LogP contribution in [0.4, 0.5) is 10.5 Å². The van der Waals surface area contributed by atoms with E-state index in [1.807, 2.05) is 0 Å². The van der Waals surface area contributed by atoms with Crippen molar-refractivity contribution in [2.24, 2.45) is 0 Å². The Hall–Kier alpha value is -1.81. The minimum Gasteiger partial charge on any atom is -0.325 e. The van der Waals surface area contributed by atoms with Crippen molar-refractivity contribution < 1.29 is 9.59 Å². The Labute approximate surface area is 104 Å². The van der Waals surface area contributed by atoms with Gasteiger partial charge in [0.25, 0.3) is 5.91 Å². The lowest BCUT2D eigenvalue weighted by Crippen LogP contribution is -2.31. The van der Waals surface area contributed by atoms with E-state index in [1.54, 1.807) is 30.3 Å². The lowest BCUT2D eigenvalue weighted by atomic mass is 10.2. The predicted octanol–water partition coefficient (Wildman–Crippen LogP) is 2.34. The van der Waals surface area contributed by atoms with Gasteiger partial charge in [-0.15, -0.1) is 6.58 Å². The second kappa shape index (κ2) is 4.59. The van der Waals surface area contributed by atoms with Gasteiger partial charge in [0.1, 0.15) is 6.04 Å². The van der Waals surface area contributed by atoms with Crippen molar-refractivity contribution in [3.63, 3.8) is 0 Å². The largest absolute Gasteiger partial charge is 0.329 e. The van der Waals surface area contributed by atoms with E-state index in [0.717, 1.165) is 4.90 Å². The van der Waals surface area contributed by atoms with Gasteiger partial charge in [0.05, 0.1) is 10.7 Å². The normalized spacial score (nSPS) is 19.4. The molecule has 0 aromatic heterocycles. The number of nitrogens with one attached hydrogen (secondary N) is 1. The first-order valence-corrected chi connectivity index (χ1v) is 5.53. The predicted molar refractivity (Wildman–Crippen MR) is 66.1 cm³/mol. The highest BCUT2D eigenvalue weighted by Gasteiger charge is 2.38. The summed E-state index contributed by atoms with van der Waals surface area (Å²) < 4.78 is 0. The van der Waals surface area contributed by atoms with Gasteiger partial charge in [-0.3, -0.25) is 4.79 Å². The molecule has 5 heteroatoms. The molecule has 1 unspecified atom stereocenters. The minimum absolute atomic E-state index is 0.303. The van der Waals surface area contributed by atoms with Crippen molar-refractivity contribution in [1.29, 1.82) is 0 Å². The first-order valence-electron chi connectivity index (χ1n) is 5.15. The number of carbonyl (C=O) groups is 2. The standard InChI is InChI=1S/C12H11ClN2O2/c1-2-5-9-11(16)15(12(17)14-9)10-7-4-3-6-8(10)13/h2-4,6-7,9H,1,5H2,(H,14,17). The Bertz CT molecular complexity index is 487. The number of hydrogen-bond acceptors (Lipinski definition) is 2. The quantitative estimate of drug-likeness (QED) is 0.661. The Morgan fingerprint density at radius 2 is 2.12 bits per heavy atom. The van der Waals surface area contributed by atoms with Crippen LogP contribution in [0.2, 0.25) is 5.02 Å². The van der Waals surface area contributed by atoms with Crippen LogP contribution in [0.15, 0.2) is 36.9 Å². The van der Waals surface area contributed by atoms with Gasteiger partial charge in [0.15, 0.2) is 0 Å². The van der Waals surface area contributed by atoms with Crippen LogP contribution in [0.3, 0.4) is 0 Å². The molecule has 0 spiro atoms. The van der Waals surface area contributed by atoms with Crippen LogP contribution in [0.5, 0.6) is 0 Å². The summed E-state index contributed by atoms with van der Waals surface area (Å²) in [4.78, 5) is 24.8. The number of anilines is 1. The molecule has 1 aliphatic rings. The smallest absolute Gasteiger partial charge is 0.325 e. The summed E-state index contributed by atoms with van der Waals surface area (Å²) in [5.41, 5.74) is 0.406. The third-order valence-corrected chi connectivity index (χ3v) is 2.83. The van der Waals surface area contributed by atoms with Crippen molar-refractivity contribution in [2.45, 2.75) is 12.5 Å². The number of amides is 3. The average molecular weight is 251 g/mol. The Morgan fingerprint density at radius 3 is 2.76 bits per heavy atom. The van der Waals surface area contributed by atoms with Gasteiger partial charge >= 0.3 is 6.03 Å². The summed E-state index contributed by atoms with van der Waals surface area (Å²) in [6.07, 6.45) is 2.00. The van der Waals surface area contributed by atoms with E-state index in [9.17, 15) is 9.59 Å². The summed E-state index contributed by atoms with van der Waals surface area (Å²) in [7, 11) is 0. The second-order valence-electron chi connectivity index (χ2n) is 3.65. The fourth-order valence-corrected chi connectivity index (χ4v) is 1.94. The molecule has 1 N–H and O–H groups in total. The first kappa shape index (κ1) is 11.7. The number of halogens is 1. The third kappa shape index (κ3) is 2.03. The van der Waals surface area contributed by atoms with Crippen molar-refractivity contribution in [3.05, 3.63) is 41.9 Å². The van der Waals surface area contributed by atoms with E-state index >= 15 is 0 Å². The molecular weight excluding hydrogens is 240 g/mol. The zero-order chi connectivity index (χ0) is 12.4. The van der Waals surface area contributed by atoms with Crippen LogP contribution in [0.25, 0.3) is 0 Å². The van der Waals surface area contributed by atoms with E-state index in [0.29, 0.717) is 17.1 Å². The molecule has 1 heterocycles. The van der Waals surface area contributed by atoms with Crippen LogP contribution in [-0.2, 0) is 4.79 Å². The molecule has 88 valence electrons. The number of para-hydroxylation sites is 1. The van der Waals surface area contributed by atoms with E-state index in [2.05, 4.69) is 11.9 Å². The molecule has 1 aliphatic heterocycles. The molecule has 17 heavy (non-hydrogen) atoms. The Kier molecular flexibility index (Phi) is 3.15. The number of carbonyl (C=O) groups excluding carboxylic acids is 2. The van der Waals surface area contributed by atoms with Crippen LogP contribution in [0, 0.1) is 0 Å². The molecular formula is C12H11ClN2O2. The van der Waals surface area contributed by atoms with Crippen LogP contribution in [-0.4, -0.2) is 18.0 Å². The maximum Gasteiger partial charge on any atom is 0.329 e. The topological polar surface area (TPSA) is 49.4 Å². The third-order valence-electron chi connectivity index (χ3n) is 2.52. The maximum atomic E-state index is 12.0. The fourth-order valence-electron chi connectivity index (χ4n) is 1.72. The van der Waals surface area contributed by atoms with Crippen LogP contribution >= 0.6 is 11.6 Å². The SMILES string of the molecule is C=CCC1NC(=O)N(c2ccccc2Cl)C1=O. The number of imide groups is 1. The van der Waals surface area contributed by atoms with Crippen molar-refractivity contribution in [2.75, 3.05) is 4.90 Å². The van der Waals surface area contributed by atoms with Gasteiger partial charge in [-0.25, -0.2) is 9.69 Å². The molecule has 1 fully saturated rings. The molecule has 1 aromatic carbocycles. The molecule has 0 radical (unpaired) electrons. The zero-order valence-corrected chi connectivity index (χ0v) is 9.78. The molecule has 0 saturated carbocycles. The van der Waals surface area contributed by atoms with Gasteiger partial charge < -0.3 is 5.32 Å². The van der Waals surface area contributed by atoms with Gasteiger partial charge in [-0.2, -0.15) is 0 Å². The van der Waals surface area contributed by atoms with Crippen LogP contribution in [0.1, 0.15) is 6.42 Å². The van der Waals surface area contributed by atoms with Crippen molar-refractivity contribution in [3.8, 4) is 0 Å². The Balaban J connectivity index is 2.34. The molecule has 0 bridgehead atoms. The summed E-state index contributed by atoms with van der Waals surface area (Å²) in [6.45, 7) is 3.55. The van der Waals surface area contributed by atoms with E-state index in [-0.39, 0.29) is 5.91 Å². The van der Waals surface area contributed by atoms with Gasteiger partial charge in [-0.05, 0) is 18.6 Å². The molecule has 0 aliphatic carbocycles. The fraction of sp³-hybridized carbons (Fsp3) is 0.167. The lowest BCUT2D eigenvalue weighted by Gasteiger charge is -2.14. The Morgan fingerprint density at radius 1 is 1.41 bits per heavy atom. The second-order valence-corrected chi connectivity index (χ2v) is 4.06. The molecule has 4 nitrogen and oxygen atoms in total. The zero-order valence-electron chi connectivity index (χ0n) is 9.02. The lowest BCUT2D eigenvalue weighted by molar-refractivity contribution is -0.118. The number of nitrogens with zero attached hydrogens (tertiary/aromatic N) is 1. The van der Waals surface area contributed by atoms with Gasteiger partial charge in [0, 0.05) is 0 Å². The minimum atomic E-state index is -0.545. The highest BCUT2D eigenvalue weighted by Crippen LogP contribution is 2.28. The van der Waals surface area contributed by atoms with E-state index in [4.69, 9.17) is 11.6 Å². The summed E-state index contributed by atoms with van der Waals surface area (Å²) in [6, 6.07) is 5.74. The molecule has 1 atom stereocenters. The molecule has 2 rings (SSSR count). The maximum absolute atomic E-state index is 12.0. The highest BCUT2D eigenvalue weighted by molar-refractivity contribution is 6.35. The average Bonchev–Trinajstić information content (AvgIpc) is 2.57. The number of benzene rings is 1. The number of rotatable bonds is 3. The highest BCUT2D eigenvalue weighted by atomic mass is 35.5.